The van der Waals surface area contributed by atoms with E-state index < -0.39 is 97.5 Å². The minimum atomic E-state index is -4.97. The largest absolute Gasteiger partial charge is 0.472 e. The van der Waals surface area contributed by atoms with Crippen LogP contribution in [0.15, 0.2) is 24.3 Å². The summed E-state index contributed by atoms with van der Waals surface area (Å²) in [6, 6.07) is 0. The quantitative estimate of drug-likeness (QED) is 0.0169. The van der Waals surface area contributed by atoms with Gasteiger partial charge in [-0.05, 0) is 57.3 Å². The molecule has 3 N–H and O–H groups in total. The fraction of sp³-hybridized carbons (Fsp3) is 0.904. The van der Waals surface area contributed by atoms with E-state index in [1.165, 1.54) is 225 Å². The summed E-state index contributed by atoms with van der Waals surface area (Å²) in [7, 11) is -9.93. The number of phosphoric ester groups is 2. The molecule has 102 heavy (non-hydrogen) atoms. The van der Waals surface area contributed by atoms with Crippen molar-refractivity contribution in [1.82, 2.24) is 0 Å². The van der Waals surface area contributed by atoms with Crippen molar-refractivity contribution in [3.05, 3.63) is 24.3 Å². The number of allylic oxidation sites excluding steroid dienone is 4. The van der Waals surface area contributed by atoms with Gasteiger partial charge >= 0.3 is 39.5 Å². The number of ether oxygens (including phenoxy) is 4. The number of carbonyl (C=O) groups is 4. The van der Waals surface area contributed by atoms with Gasteiger partial charge in [0.1, 0.15) is 19.3 Å². The fourth-order valence-corrected chi connectivity index (χ4v) is 13.9. The summed E-state index contributed by atoms with van der Waals surface area (Å²) in [5, 5.41) is 10.7. The van der Waals surface area contributed by atoms with E-state index in [-0.39, 0.29) is 25.7 Å². The van der Waals surface area contributed by atoms with Gasteiger partial charge in [-0.1, -0.05) is 367 Å². The van der Waals surface area contributed by atoms with E-state index >= 15 is 0 Å². The van der Waals surface area contributed by atoms with Gasteiger partial charge in [0.25, 0.3) is 0 Å². The highest BCUT2D eigenvalue weighted by Crippen LogP contribution is 2.45. The van der Waals surface area contributed by atoms with Gasteiger partial charge in [0.05, 0.1) is 26.4 Å². The monoisotopic (exact) mass is 1490 g/mol. The molecule has 0 heterocycles. The number of rotatable bonds is 81. The molecule has 0 aliphatic heterocycles. The third-order valence-corrected chi connectivity index (χ3v) is 21.2. The fourth-order valence-electron chi connectivity index (χ4n) is 12.4. The third-order valence-electron chi connectivity index (χ3n) is 19.3. The van der Waals surface area contributed by atoms with E-state index in [2.05, 4.69) is 58.9 Å². The number of esters is 4. The highest BCUT2D eigenvalue weighted by Gasteiger charge is 2.30. The zero-order valence-electron chi connectivity index (χ0n) is 66.2. The Morgan fingerprint density at radius 3 is 0.833 bits per heavy atom. The van der Waals surface area contributed by atoms with E-state index in [0.717, 1.165) is 115 Å². The summed E-state index contributed by atoms with van der Waals surface area (Å²) in [6.07, 6.45) is 70.0. The van der Waals surface area contributed by atoms with Crippen LogP contribution in [0.1, 0.15) is 420 Å². The molecule has 6 atom stereocenters. The maximum Gasteiger partial charge on any atom is 0.472 e. The van der Waals surface area contributed by atoms with E-state index in [9.17, 15) is 43.2 Å². The maximum absolute atomic E-state index is 13.1. The van der Waals surface area contributed by atoms with Gasteiger partial charge in [-0.3, -0.25) is 37.3 Å². The van der Waals surface area contributed by atoms with Crippen molar-refractivity contribution in [2.24, 2.45) is 5.92 Å². The molecule has 0 aliphatic carbocycles. The summed E-state index contributed by atoms with van der Waals surface area (Å²) in [5.41, 5.74) is 0. The minimum absolute atomic E-state index is 0.102. The SMILES string of the molecule is CCCCCC/C=C\C=C/CCCCCCCC(=O)OC[C@H](COP(=O)(O)OC[C@@H](O)COP(=O)(O)OC[C@@H](COC(=O)CCCCCCCCCCCCCCC)OC(=O)CCCCCCCCCCCCC(C)CC)OC(=O)CCCCCCCCCCCCCCCCCCCCCC. The maximum atomic E-state index is 13.1. The Kier molecular flexibility index (Phi) is 73.5. The molecule has 0 aromatic rings. The molecule has 0 amide bonds. The molecule has 0 bridgehead atoms. The molecule has 19 heteroatoms. The normalized spacial score (nSPS) is 14.2. The lowest BCUT2D eigenvalue weighted by atomic mass is 9.99. The number of unbranched alkanes of at least 4 members (excludes halogenated alkanes) is 49. The average Bonchev–Trinajstić information content (AvgIpc) is 0.909. The summed E-state index contributed by atoms with van der Waals surface area (Å²) in [4.78, 5) is 73.1. The van der Waals surface area contributed by atoms with E-state index in [0.29, 0.717) is 25.7 Å². The Bertz CT molecular complexity index is 2040. The van der Waals surface area contributed by atoms with Crippen LogP contribution in [0.3, 0.4) is 0 Å². The van der Waals surface area contributed by atoms with Gasteiger partial charge in [0.15, 0.2) is 12.2 Å². The molecule has 0 saturated heterocycles. The van der Waals surface area contributed by atoms with Crippen LogP contribution in [0.2, 0.25) is 0 Å². The third kappa shape index (κ3) is 74.4. The standard InChI is InChI=1S/C83H158O17P2/c1-6-10-13-16-19-22-25-28-30-31-32-33-34-36-39-42-48-53-58-63-68-82(87)99-78(72-94-81(86)67-62-57-52-47-41-38-35-29-26-23-20-17-14-11-7-2)74-97-101(89,90)95-70-77(84)71-96-102(91,92)98-75-79(73-93-80(85)66-61-56-51-46-40-37-27-24-21-18-15-12-8-3)100-83(88)69-64-59-54-49-44-43-45-50-55-60-65-76(5)9-4/h23,26,29,35,76-79,84H,6-22,24-25,27-28,30-34,36-75H2,1-5H3,(H,89,90)(H,91,92)/b26-23-,35-29-/t76?,77-,78-,79-/m1/s1. The molecule has 0 spiro atoms. The van der Waals surface area contributed by atoms with Crippen LogP contribution in [0.5, 0.6) is 0 Å². The molecular weight excluding hydrogens is 1330 g/mol. The lowest BCUT2D eigenvalue weighted by Gasteiger charge is -2.21. The van der Waals surface area contributed by atoms with Crippen molar-refractivity contribution >= 4 is 39.5 Å². The number of aliphatic hydroxyl groups is 1. The first-order chi connectivity index (χ1) is 49.6. The van der Waals surface area contributed by atoms with Crippen molar-refractivity contribution in [3.8, 4) is 0 Å². The molecular formula is C83H158O17P2. The van der Waals surface area contributed by atoms with Gasteiger partial charge in [0.2, 0.25) is 0 Å². The first-order valence-electron chi connectivity index (χ1n) is 42.5. The van der Waals surface area contributed by atoms with Crippen LogP contribution in [-0.2, 0) is 65.4 Å². The molecule has 0 radical (unpaired) electrons. The second kappa shape index (κ2) is 75.4. The number of phosphoric acid groups is 2. The van der Waals surface area contributed by atoms with Gasteiger partial charge in [-0.15, -0.1) is 0 Å². The Hall–Kier alpha value is -2.46. The second-order valence-electron chi connectivity index (χ2n) is 29.4. The number of hydrogen-bond acceptors (Lipinski definition) is 15. The Balaban J connectivity index is 5.29. The first-order valence-corrected chi connectivity index (χ1v) is 45.5. The number of carbonyl (C=O) groups excluding carboxylic acids is 4. The molecule has 0 fully saturated rings. The van der Waals surface area contributed by atoms with E-state index in [4.69, 9.17) is 37.0 Å². The topological polar surface area (TPSA) is 237 Å². The van der Waals surface area contributed by atoms with Gasteiger partial charge in [-0.2, -0.15) is 0 Å². The molecule has 0 aromatic carbocycles. The molecule has 0 aliphatic rings. The highest BCUT2D eigenvalue weighted by molar-refractivity contribution is 7.47. The van der Waals surface area contributed by atoms with Gasteiger partial charge in [-0.25, -0.2) is 9.13 Å². The molecule has 0 rings (SSSR count). The van der Waals surface area contributed by atoms with Crippen molar-refractivity contribution in [3.63, 3.8) is 0 Å². The van der Waals surface area contributed by atoms with E-state index in [1.54, 1.807) is 0 Å². The number of hydrogen-bond donors (Lipinski definition) is 3. The zero-order valence-corrected chi connectivity index (χ0v) is 68.0. The summed E-state index contributed by atoms with van der Waals surface area (Å²) in [6.45, 7) is 7.30. The van der Waals surface area contributed by atoms with Crippen LogP contribution >= 0.6 is 15.6 Å². The van der Waals surface area contributed by atoms with Crippen LogP contribution in [0.25, 0.3) is 0 Å². The van der Waals surface area contributed by atoms with Crippen LogP contribution in [0, 0.1) is 5.92 Å². The molecule has 17 nitrogen and oxygen atoms in total. The van der Waals surface area contributed by atoms with Gasteiger partial charge < -0.3 is 33.8 Å². The highest BCUT2D eigenvalue weighted by atomic mass is 31.2. The van der Waals surface area contributed by atoms with Crippen molar-refractivity contribution in [1.29, 1.82) is 0 Å². The van der Waals surface area contributed by atoms with Crippen LogP contribution < -0.4 is 0 Å². The lowest BCUT2D eigenvalue weighted by Crippen LogP contribution is -2.30. The van der Waals surface area contributed by atoms with Crippen LogP contribution in [-0.4, -0.2) is 96.7 Å². The van der Waals surface area contributed by atoms with Crippen molar-refractivity contribution in [2.45, 2.75) is 438 Å². The van der Waals surface area contributed by atoms with Crippen molar-refractivity contribution < 1.29 is 80.2 Å². The molecule has 602 valence electrons. The molecule has 3 unspecified atom stereocenters. The van der Waals surface area contributed by atoms with Crippen LogP contribution in [0.4, 0.5) is 0 Å². The molecule has 0 saturated carbocycles. The Labute approximate surface area is 624 Å². The smallest absolute Gasteiger partial charge is 0.462 e. The molecule has 0 aromatic heterocycles. The van der Waals surface area contributed by atoms with Gasteiger partial charge in [0, 0.05) is 25.7 Å². The summed E-state index contributed by atoms with van der Waals surface area (Å²) >= 11 is 0. The zero-order chi connectivity index (χ0) is 74.8. The van der Waals surface area contributed by atoms with Crippen molar-refractivity contribution in [2.75, 3.05) is 39.6 Å². The second-order valence-corrected chi connectivity index (χ2v) is 32.3. The first kappa shape index (κ1) is 99.5. The predicted octanol–water partition coefficient (Wildman–Crippen LogP) is 24.8. The Morgan fingerprint density at radius 1 is 0.314 bits per heavy atom. The number of aliphatic hydroxyl groups excluding tert-OH is 1. The predicted molar refractivity (Wildman–Crippen MR) is 418 cm³/mol. The minimum Gasteiger partial charge on any atom is -0.462 e. The summed E-state index contributed by atoms with van der Waals surface area (Å²) in [5.74, 6) is -1.33. The average molecular weight is 1490 g/mol. The summed E-state index contributed by atoms with van der Waals surface area (Å²) < 4.78 is 68.8. The van der Waals surface area contributed by atoms with E-state index in [1.807, 2.05) is 0 Å². The Morgan fingerprint density at radius 2 is 0.549 bits per heavy atom. The lowest BCUT2D eigenvalue weighted by molar-refractivity contribution is -0.161.